The van der Waals surface area contributed by atoms with Crippen LogP contribution in [0.15, 0.2) is 16.6 Å². The Morgan fingerprint density at radius 2 is 2.13 bits per heavy atom. The highest BCUT2D eigenvalue weighted by Gasteiger charge is 2.26. The first-order valence-electron chi connectivity index (χ1n) is 4.17. The van der Waals surface area contributed by atoms with Gasteiger partial charge in [-0.3, -0.25) is 4.79 Å². The third-order valence-corrected chi connectivity index (χ3v) is 2.73. The van der Waals surface area contributed by atoms with Crippen molar-refractivity contribution in [2.24, 2.45) is 5.73 Å². The van der Waals surface area contributed by atoms with E-state index in [1.165, 1.54) is 0 Å². The van der Waals surface area contributed by atoms with Crippen LogP contribution in [0.25, 0.3) is 0 Å². The number of carbonyl (C=O) groups is 1. The van der Waals surface area contributed by atoms with Gasteiger partial charge < -0.3 is 20.3 Å². The van der Waals surface area contributed by atoms with E-state index in [1.54, 1.807) is 12.1 Å². The highest BCUT2D eigenvalue weighted by Crippen LogP contribution is 2.43. The molecule has 0 fully saturated rings. The number of nitrogens with two attached hydrogens (primary N) is 1. The first kappa shape index (κ1) is 10.3. The molecule has 1 unspecified atom stereocenters. The Hall–Kier alpha value is -1.27. The van der Waals surface area contributed by atoms with Gasteiger partial charge in [0, 0.05) is 5.56 Å². The maximum atomic E-state index is 10.8. The molecule has 1 aliphatic rings. The number of hydrogen-bond acceptors (Lipinski definition) is 4. The van der Waals surface area contributed by atoms with Gasteiger partial charge >= 0.3 is 5.97 Å². The van der Waals surface area contributed by atoms with Gasteiger partial charge in [0.2, 0.25) is 6.79 Å². The minimum Gasteiger partial charge on any atom is -0.480 e. The lowest BCUT2D eigenvalue weighted by Crippen LogP contribution is -2.21. The Morgan fingerprint density at radius 1 is 1.47 bits per heavy atom. The summed E-state index contributed by atoms with van der Waals surface area (Å²) in [6, 6.07) is 2.19. The topological polar surface area (TPSA) is 81.8 Å². The quantitative estimate of drug-likeness (QED) is 0.848. The predicted molar refractivity (Wildman–Crippen MR) is 54.8 cm³/mol. The fraction of sp³-hybridized carbons (Fsp3) is 0.222. The Balaban J connectivity index is 2.50. The van der Waals surface area contributed by atoms with Crippen LogP contribution >= 0.6 is 15.9 Å². The molecule has 1 heterocycles. The summed E-state index contributed by atoms with van der Waals surface area (Å²) < 4.78 is 11.1. The molecule has 0 aromatic heterocycles. The van der Waals surface area contributed by atoms with Gasteiger partial charge in [-0.15, -0.1) is 0 Å². The van der Waals surface area contributed by atoms with E-state index >= 15 is 0 Å². The summed E-state index contributed by atoms with van der Waals surface area (Å²) in [5, 5.41) is 8.80. The van der Waals surface area contributed by atoms with Gasteiger partial charge in [-0.2, -0.15) is 0 Å². The number of carboxylic acid groups (broad SMARTS) is 1. The van der Waals surface area contributed by atoms with Gasteiger partial charge in [-0.05, 0) is 22.0 Å². The second-order valence-corrected chi connectivity index (χ2v) is 3.87. The van der Waals surface area contributed by atoms with Crippen molar-refractivity contribution in [3.8, 4) is 11.5 Å². The number of carboxylic acids is 1. The van der Waals surface area contributed by atoms with E-state index in [-0.39, 0.29) is 6.79 Å². The number of fused-ring (bicyclic) bond motifs is 1. The van der Waals surface area contributed by atoms with Gasteiger partial charge in [-0.25, -0.2) is 0 Å². The summed E-state index contributed by atoms with van der Waals surface area (Å²) >= 11 is 3.27. The smallest absolute Gasteiger partial charge is 0.325 e. The molecule has 1 aliphatic heterocycles. The fourth-order valence-electron chi connectivity index (χ4n) is 1.36. The Kier molecular flexibility index (Phi) is 2.54. The number of hydrogen-bond donors (Lipinski definition) is 2. The van der Waals surface area contributed by atoms with Crippen LogP contribution in [0.5, 0.6) is 11.5 Å². The Bertz CT molecular complexity index is 421. The van der Waals surface area contributed by atoms with E-state index in [0.717, 1.165) is 4.47 Å². The van der Waals surface area contributed by atoms with Gasteiger partial charge in [0.1, 0.15) is 6.04 Å². The van der Waals surface area contributed by atoms with Crippen LogP contribution in [0, 0.1) is 0 Å². The molecule has 80 valence electrons. The first-order valence-corrected chi connectivity index (χ1v) is 4.97. The van der Waals surface area contributed by atoms with Crippen molar-refractivity contribution in [2.75, 3.05) is 6.79 Å². The second kappa shape index (κ2) is 3.71. The summed E-state index contributed by atoms with van der Waals surface area (Å²) in [7, 11) is 0. The largest absolute Gasteiger partial charge is 0.480 e. The van der Waals surface area contributed by atoms with Gasteiger partial charge in [0.25, 0.3) is 0 Å². The molecule has 0 radical (unpaired) electrons. The molecule has 1 aromatic carbocycles. The average molecular weight is 274 g/mol. The van der Waals surface area contributed by atoms with Crippen LogP contribution in [0.2, 0.25) is 0 Å². The maximum Gasteiger partial charge on any atom is 0.325 e. The van der Waals surface area contributed by atoms with Crippen LogP contribution in [-0.2, 0) is 4.79 Å². The molecule has 0 amide bonds. The molecule has 0 bridgehead atoms. The Morgan fingerprint density at radius 3 is 2.80 bits per heavy atom. The standard InChI is InChI=1S/C9H8BrNO4/c10-5-2-1-4(6(11)9(12)13)7-8(5)15-3-14-7/h1-2,6H,3,11H2,(H,12,13). The second-order valence-electron chi connectivity index (χ2n) is 3.02. The summed E-state index contributed by atoms with van der Waals surface area (Å²) in [5.41, 5.74) is 5.93. The van der Waals surface area contributed by atoms with Crippen molar-refractivity contribution in [3.63, 3.8) is 0 Å². The third-order valence-electron chi connectivity index (χ3n) is 2.10. The van der Waals surface area contributed by atoms with Crippen molar-refractivity contribution in [3.05, 3.63) is 22.2 Å². The molecule has 2 rings (SSSR count). The molecule has 3 N–H and O–H groups in total. The number of benzene rings is 1. The minimum atomic E-state index is -1.10. The summed E-state index contributed by atoms with van der Waals surface area (Å²) in [6.45, 7) is 0.0806. The minimum absolute atomic E-state index is 0.0806. The molecule has 0 aliphatic carbocycles. The van der Waals surface area contributed by atoms with Crippen LogP contribution in [0.4, 0.5) is 0 Å². The van der Waals surface area contributed by atoms with Crippen LogP contribution < -0.4 is 15.2 Å². The van der Waals surface area contributed by atoms with E-state index in [4.69, 9.17) is 20.3 Å². The van der Waals surface area contributed by atoms with E-state index in [0.29, 0.717) is 17.1 Å². The number of halogens is 1. The lowest BCUT2D eigenvalue weighted by Gasteiger charge is -2.10. The van der Waals surface area contributed by atoms with Crippen molar-refractivity contribution < 1.29 is 19.4 Å². The zero-order valence-electron chi connectivity index (χ0n) is 7.57. The first-order chi connectivity index (χ1) is 7.11. The van der Waals surface area contributed by atoms with E-state index in [1.807, 2.05) is 0 Å². The monoisotopic (exact) mass is 273 g/mol. The molecular weight excluding hydrogens is 266 g/mol. The predicted octanol–water partition coefficient (Wildman–Crippen LogP) is 1.26. The van der Waals surface area contributed by atoms with Crippen molar-refractivity contribution in [2.45, 2.75) is 6.04 Å². The molecular formula is C9H8BrNO4. The normalized spacial score (nSPS) is 15.1. The molecule has 0 saturated carbocycles. The Labute approximate surface area is 93.9 Å². The van der Waals surface area contributed by atoms with E-state index in [2.05, 4.69) is 15.9 Å². The van der Waals surface area contributed by atoms with Crippen molar-refractivity contribution in [1.82, 2.24) is 0 Å². The van der Waals surface area contributed by atoms with Gasteiger partial charge in [-0.1, -0.05) is 6.07 Å². The highest BCUT2D eigenvalue weighted by molar-refractivity contribution is 9.10. The third kappa shape index (κ3) is 1.66. The summed E-state index contributed by atoms with van der Waals surface area (Å²) in [5.74, 6) is -0.196. The molecule has 0 spiro atoms. The van der Waals surface area contributed by atoms with E-state index in [9.17, 15) is 4.79 Å². The SMILES string of the molecule is NC(C(=O)O)c1ccc(Br)c2c1OCO2. The fourth-order valence-corrected chi connectivity index (χ4v) is 1.79. The molecule has 15 heavy (non-hydrogen) atoms. The number of rotatable bonds is 2. The average Bonchev–Trinajstić information content (AvgIpc) is 2.66. The summed E-state index contributed by atoms with van der Waals surface area (Å²) in [4.78, 5) is 10.8. The molecule has 6 heteroatoms. The van der Waals surface area contributed by atoms with Crippen molar-refractivity contribution in [1.29, 1.82) is 0 Å². The number of ether oxygens (including phenoxy) is 2. The molecule has 5 nitrogen and oxygen atoms in total. The van der Waals surface area contributed by atoms with Crippen LogP contribution in [0.1, 0.15) is 11.6 Å². The maximum absolute atomic E-state index is 10.8. The number of aliphatic carboxylic acids is 1. The lowest BCUT2D eigenvalue weighted by molar-refractivity contribution is -0.138. The zero-order chi connectivity index (χ0) is 11.0. The summed E-state index contributed by atoms with van der Waals surface area (Å²) in [6.07, 6.45) is 0. The van der Waals surface area contributed by atoms with Crippen LogP contribution in [0.3, 0.4) is 0 Å². The van der Waals surface area contributed by atoms with E-state index < -0.39 is 12.0 Å². The molecule has 0 saturated heterocycles. The zero-order valence-corrected chi connectivity index (χ0v) is 9.15. The van der Waals surface area contributed by atoms with Gasteiger partial charge in [0.15, 0.2) is 11.5 Å². The highest BCUT2D eigenvalue weighted by atomic mass is 79.9. The molecule has 1 atom stereocenters. The van der Waals surface area contributed by atoms with Crippen molar-refractivity contribution >= 4 is 21.9 Å². The van der Waals surface area contributed by atoms with Crippen LogP contribution in [-0.4, -0.2) is 17.9 Å². The lowest BCUT2D eigenvalue weighted by atomic mass is 10.1. The molecule has 1 aromatic rings. The van der Waals surface area contributed by atoms with Gasteiger partial charge in [0.05, 0.1) is 4.47 Å².